The minimum absolute atomic E-state index is 0.0107. The number of aryl methyl sites for hydroxylation is 1. The van der Waals surface area contributed by atoms with Crippen molar-refractivity contribution in [1.82, 2.24) is 19.7 Å². The molecule has 1 unspecified atom stereocenters. The van der Waals surface area contributed by atoms with E-state index in [9.17, 15) is 24.3 Å². The molecule has 42 heavy (non-hydrogen) atoms. The first-order chi connectivity index (χ1) is 19.8. The van der Waals surface area contributed by atoms with Gasteiger partial charge in [-0.3, -0.25) is 19.3 Å². The largest absolute Gasteiger partial charge is 0.480 e. The number of carbonyl (C=O) groups is 4. The van der Waals surface area contributed by atoms with Crippen molar-refractivity contribution in [2.45, 2.75) is 77.1 Å². The third-order valence-corrected chi connectivity index (χ3v) is 8.71. The zero-order chi connectivity index (χ0) is 30.8. The number of β-amino-alcohol motifs (C(OH)–C–C–N with tert-alkyl or cyclic N) is 1. The highest BCUT2D eigenvalue weighted by molar-refractivity contribution is 7.13. The lowest BCUT2D eigenvalue weighted by molar-refractivity contribution is -0.158. The third-order valence-electron chi connectivity index (χ3n) is 7.73. The monoisotopic (exact) mass is 604 g/mol. The van der Waals surface area contributed by atoms with Gasteiger partial charge in [0.2, 0.25) is 18.7 Å². The molecule has 2 aliphatic rings. The molecule has 0 spiro atoms. The van der Waals surface area contributed by atoms with Crippen LogP contribution in [0.3, 0.4) is 0 Å². The van der Waals surface area contributed by atoms with Crippen molar-refractivity contribution in [3.8, 4) is 10.4 Å². The van der Waals surface area contributed by atoms with Crippen molar-refractivity contribution in [2.24, 2.45) is 5.41 Å². The number of amides is 3. The number of alkyl halides is 1. The summed E-state index contributed by atoms with van der Waals surface area (Å²) in [6.45, 7) is 6.16. The van der Waals surface area contributed by atoms with E-state index in [0.29, 0.717) is 18.4 Å². The number of hydrogen-bond donors (Lipinski definition) is 2. The van der Waals surface area contributed by atoms with Gasteiger partial charge in [0, 0.05) is 25.8 Å². The summed E-state index contributed by atoms with van der Waals surface area (Å²) < 4.78 is 20.7. The molecule has 228 valence electrons. The molecule has 0 bridgehead atoms. The fourth-order valence-corrected chi connectivity index (χ4v) is 6.34. The van der Waals surface area contributed by atoms with Crippen LogP contribution in [0.2, 0.25) is 0 Å². The molecular weight excluding hydrogens is 567 g/mol. The Labute approximate surface area is 247 Å². The Morgan fingerprint density at radius 3 is 2.40 bits per heavy atom. The van der Waals surface area contributed by atoms with Crippen molar-refractivity contribution >= 4 is 36.0 Å². The fraction of sp³-hybridized carbons (Fsp3) is 0.552. The number of benzene rings is 1. The Hall–Kier alpha value is -3.42. The van der Waals surface area contributed by atoms with Crippen LogP contribution in [0.5, 0.6) is 0 Å². The molecule has 1 aromatic carbocycles. The molecule has 3 amide bonds. The lowest BCUT2D eigenvalue weighted by Gasteiger charge is -2.44. The van der Waals surface area contributed by atoms with E-state index < -0.39 is 54.0 Å². The molecule has 4 rings (SSSR count). The second kappa shape index (κ2) is 12.4. The van der Waals surface area contributed by atoms with Crippen LogP contribution in [0.15, 0.2) is 29.8 Å². The smallest absolute Gasteiger partial charge is 0.329 e. The minimum atomic E-state index is -1.92. The maximum Gasteiger partial charge on any atom is 0.329 e. The molecule has 1 saturated heterocycles. The number of halogens is 1. The van der Waals surface area contributed by atoms with Crippen LogP contribution in [0.1, 0.15) is 57.3 Å². The molecule has 2 heterocycles. The first-order valence-corrected chi connectivity index (χ1v) is 14.6. The molecule has 2 fully saturated rings. The van der Waals surface area contributed by atoms with Crippen LogP contribution in [0.4, 0.5) is 4.39 Å². The number of hydrogen-bond acceptors (Lipinski definition) is 8. The summed E-state index contributed by atoms with van der Waals surface area (Å²) in [5, 5.41) is 19.8. The maximum atomic E-state index is 15.2. The van der Waals surface area contributed by atoms with E-state index >= 15 is 4.39 Å². The quantitative estimate of drug-likeness (QED) is 0.263. The number of rotatable bonds is 13. The van der Waals surface area contributed by atoms with Crippen LogP contribution in [0.25, 0.3) is 10.4 Å². The highest BCUT2D eigenvalue weighted by Crippen LogP contribution is 2.46. The molecule has 1 aliphatic heterocycles. The van der Waals surface area contributed by atoms with Crippen molar-refractivity contribution in [1.29, 1.82) is 0 Å². The number of nitrogens with zero attached hydrogens (tertiary/aromatic N) is 4. The van der Waals surface area contributed by atoms with Gasteiger partial charge in [-0.1, -0.05) is 45.0 Å². The van der Waals surface area contributed by atoms with Gasteiger partial charge in [-0.2, -0.15) is 0 Å². The number of carboxylic acid groups (broad SMARTS) is 1. The molecular formula is C29H37FN4O7S. The zero-order valence-corrected chi connectivity index (χ0v) is 24.9. The molecule has 4 atom stereocenters. The lowest BCUT2D eigenvalue weighted by atomic mass is 9.84. The predicted octanol–water partition coefficient (Wildman–Crippen LogP) is 2.97. The summed E-state index contributed by atoms with van der Waals surface area (Å²) in [4.78, 5) is 58.9. The lowest BCUT2D eigenvalue weighted by Crippen LogP contribution is -2.60. The first-order valence-electron chi connectivity index (χ1n) is 13.7. The predicted molar refractivity (Wildman–Crippen MR) is 152 cm³/mol. The van der Waals surface area contributed by atoms with E-state index in [0.717, 1.165) is 21.0 Å². The maximum absolute atomic E-state index is 15.2. The number of thiazole rings is 1. The average Bonchev–Trinajstić information content (AvgIpc) is 3.33. The van der Waals surface area contributed by atoms with Crippen molar-refractivity contribution < 1.29 is 38.5 Å². The summed E-state index contributed by atoms with van der Waals surface area (Å²) in [5.74, 6) is -3.69. The van der Waals surface area contributed by atoms with E-state index in [1.807, 2.05) is 19.1 Å². The molecule has 2 N–H and O–H groups in total. The van der Waals surface area contributed by atoms with E-state index in [-0.39, 0.29) is 32.4 Å². The summed E-state index contributed by atoms with van der Waals surface area (Å²) in [5.41, 5.74) is 3.29. The number of carbonyl (C=O) groups excluding carboxylic acids is 3. The second-order valence-electron chi connectivity index (χ2n) is 11.9. The molecule has 1 aromatic heterocycles. The summed E-state index contributed by atoms with van der Waals surface area (Å²) >= 11 is 1.49. The number of aliphatic hydroxyl groups excluding tert-OH is 1. The standard InChI is InChI=1S/C29H37FN4O7S/c1-18-25(42-15-31-18)20-7-5-19(6-8-20)22(13-41-14-24(38)39)33(16-35)23-11-21(37)12-32(23)27(40)26(28(2,3)4)34(17-36)29(30)9-10-29/h5-8,15-17,21-23,26,37H,9-14H2,1-4H3,(H,38,39)/t21-,22?,23-,26-/m1/s1. The van der Waals surface area contributed by atoms with E-state index in [1.54, 1.807) is 38.4 Å². The Morgan fingerprint density at radius 2 is 1.90 bits per heavy atom. The van der Waals surface area contributed by atoms with E-state index in [1.165, 1.54) is 21.1 Å². The van der Waals surface area contributed by atoms with Gasteiger partial charge in [-0.15, -0.1) is 11.3 Å². The first kappa shape index (κ1) is 31.5. The molecule has 11 nitrogen and oxygen atoms in total. The molecule has 13 heteroatoms. The van der Waals surface area contributed by atoms with Crippen molar-refractivity contribution in [3.63, 3.8) is 0 Å². The highest BCUT2D eigenvalue weighted by atomic mass is 32.1. The van der Waals surface area contributed by atoms with Gasteiger partial charge in [0.15, 0.2) is 5.79 Å². The van der Waals surface area contributed by atoms with Crippen LogP contribution in [0, 0.1) is 12.3 Å². The normalized spacial score (nSPS) is 21.0. The Kier molecular flexibility index (Phi) is 9.33. The number of ether oxygens (including phenoxy) is 1. The summed E-state index contributed by atoms with van der Waals surface area (Å²) in [6, 6.07) is 5.31. The third kappa shape index (κ3) is 6.63. The van der Waals surface area contributed by atoms with Gasteiger partial charge in [0.05, 0.1) is 34.8 Å². The number of aliphatic carboxylic acids is 1. The summed E-state index contributed by atoms with van der Waals surface area (Å²) in [6.07, 6.45) is -0.786. The second-order valence-corrected chi connectivity index (χ2v) is 12.8. The number of likely N-dealkylation sites (tertiary alicyclic amines) is 1. The average molecular weight is 605 g/mol. The van der Waals surface area contributed by atoms with Crippen molar-refractivity contribution in [3.05, 3.63) is 41.0 Å². The molecule has 1 saturated carbocycles. The van der Waals surface area contributed by atoms with Gasteiger partial charge in [0.1, 0.15) is 18.8 Å². The van der Waals surface area contributed by atoms with Crippen LogP contribution in [-0.2, 0) is 23.9 Å². The van der Waals surface area contributed by atoms with Crippen LogP contribution in [-0.4, -0.2) is 98.5 Å². The number of carboxylic acids is 1. The van der Waals surface area contributed by atoms with E-state index in [2.05, 4.69) is 4.98 Å². The van der Waals surface area contributed by atoms with Gasteiger partial charge in [-0.25, -0.2) is 14.2 Å². The Balaban J connectivity index is 1.68. The Morgan fingerprint density at radius 1 is 1.24 bits per heavy atom. The summed E-state index contributed by atoms with van der Waals surface area (Å²) in [7, 11) is 0. The van der Waals surface area contributed by atoms with Crippen LogP contribution >= 0.6 is 11.3 Å². The highest BCUT2D eigenvalue weighted by Gasteiger charge is 2.56. The topological polar surface area (TPSA) is 141 Å². The van der Waals surface area contributed by atoms with Gasteiger partial charge >= 0.3 is 5.97 Å². The zero-order valence-electron chi connectivity index (χ0n) is 24.1. The van der Waals surface area contributed by atoms with Crippen LogP contribution < -0.4 is 0 Å². The fourth-order valence-electron chi connectivity index (χ4n) is 5.52. The van der Waals surface area contributed by atoms with Crippen molar-refractivity contribution in [2.75, 3.05) is 19.8 Å². The van der Waals surface area contributed by atoms with E-state index in [4.69, 9.17) is 9.84 Å². The minimum Gasteiger partial charge on any atom is -0.480 e. The van der Waals surface area contributed by atoms with Gasteiger partial charge < -0.3 is 24.7 Å². The molecule has 2 aromatic rings. The molecule has 1 aliphatic carbocycles. The van der Waals surface area contributed by atoms with Gasteiger partial charge in [-0.05, 0) is 23.5 Å². The molecule has 0 radical (unpaired) electrons. The van der Waals surface area contributed by atoms with Gasteiger partial charge in [0.25, 0.3) is 0 Å². The Bertz CT molecular complexity index is 1290. The number of aromatic nitrogens is 1. The SMILES string of the molecule is Cc1ncsc1-c1ccc(C(COCC(=O)O)N(C=O)[C@@H]2C[C@@H](O)CN2C(=O)[C@@H](N(C=O)C2(F)CC2)C(C)(C)C)cc1. The number of aliphatic hydroxyl groups is 1.